The minimum Gasteiger partial charge on any atom is -0.477 e. The van der Waals surface area contributed by atoms with Crippen LogP contribution in [0.25, 0.3) is 6.08 Å². The van der Waals surface area contributed by atoms with Crippen molar-refractivity contribution < 1.29 is 24.6 Å². The quantitative estimate of drug-likeness (QED) is 0.549. The molecule has 0 aromatic heterocycles. The minimum atomic E-state index is -1.43. The highest BCUT2D eigenvalue weighted by Gasteiger charge is 2.12. The Kier molecular flexibility index (Phi) is 8.22. The third-order valence-corrected chi connectivity index (χ3v) is 3.34. The molecule has 0 aliphatic heterocycles. The van der Waals surface area contributed by atoms with Crippen LogP contribution in [0.1, 0.15) is 35.2 Å². The zero-order chi connectivity index (χ0) is 18.8. The normalized spacial score (nSPS) is 11.6. The Morgan fingerprint density at radius 1 is 1.24 bits per heavy atom. The highest BCUT2D eigenvalue weighted by Crippen LogP contribution is 2.10. The maximum Gasteiger partial charge on any atom is 0.352 e. The van der Waals surface area contributed by atoms with Crippen LogP contribution in [0, 0.1) is 0 Å². The van der Waals surface area contributed by atoms with Crippen molar-refractivity contribution in [1.29, 1.82) is 0 Å². The molecule has 1 aromatic carbocycles. The molecule has 0 atom stereocenters. The summed E-state index contributed by atoms with van der Waals surface area (Å²) in [5.41, 5.74) is 0.398. The standard InChI is InChI=1S/C18H22N2O5/c1-20(2)16(22)10-5-3-4-7-13-8-6-9-14(11-13)17(23)19-15(12-21)18(24)25/h4,6-9,11,21H,3,5,10,12H2,1-2H3,(H,24,25)/b7-4-,19-15?. The van der Waals surface area contributed by atoms with Crippen molar-refractivity contribution in [2.75, 3.05) is 20.7 Å². The van der Waals surface area contributed by atoms with E-state index >= 15 is 0 Å². The number of nitrogens with zero attached hydrogens (tertiary/aromatic N) is 2. The summed E-state index contributed by atoms with van der Waals surface area (Å²) in [7, 11) is 3.44. The highest BCUT2D eigenvalue weighted by atomic mass is 16.4. The van der Waals surface area contributed by atoms with Gasteiger partial charge in [0.15, 0.2) is 5.71 Å². The van der Waals surface area contributed by atoms with Crippen molar-refractivity contribution in [2.45, 2.75) is 19.3 Å². The Labute approximate surface area is 146 Å². The van der Waals surface area contributed by atoms with Gasteiger partial charge in [-0.15, -0.1) is 0 Å². The Morgan fingerprint density at radius 3 is 2.56 bits per heavy atom. The fraction of sp³-hybridized carbons (Fsp3) is 0.333. The molecule has 0 unspecified atom stereocenters. The summed E-state index contributed by atoms with van der Waals surface area (Å²) >= 11 is 0. The molecule has 0 aliphatic rings. The number of allylic oxidation sites excluding steroid dienone is 1. The molecule has 0 saturated heterocycles. The monoisotopic (exact) mass is 346 g/mol. The van der Waals surface area contributed by atoms with Gasteiger partial charge in [-0.25, -0.2) is 9.79 Å². The van der Waals surface area contributed by atoms with E-state index in [-0.39, 0.29) is 11.5 Å². The summed E-state index contributed by atoms with van der Waals surface area (Å²) < 4.78 is 0. The third kappa shape index (κ3) is 7.09. The predicted octanol–water partition coefficient (Wildman–Crippen LogP) is 1.62. The SMILES string of the molecule is CN(C)C(=O)CCC/C=C\c1cccc(C(=O)N=C(CO)C(=O)O)c1. The molecule has 1 aromatic rings. The van der Waals surface area contributed by atoms with Crippen LogP contribution in [0.15, 0.2) is 35.3 Å². The van der Waals surface area contributed by atoms with Crippen LogP contribution < -0.4 is 0 Å². The minimum absolute atomic E-state index is 0.0805. The first-order valence-corrected chi connectivity index (χ1v) is 7.78. The van der Waals surface area contributed by atoms with E-state index in [0.717, 1.165) is 18.4 Å². The lowest BCUT2D eigenvalue weighted by Gasteiger charge is -2.08. The lowest BCUT2D eigenvalue weighted by molar-refractivity contribution is -0.130. The summed E-state index contributed by atoms with van der Waals surface area (Å²) in [4.78, 5) is 39.1. The molecule has 7 heteroatoms. The van der Waals surface area contributed by atoms with E-state index in [1.807, 2.05) is 12.2 Å². The van der Waals surface area contributed by atoms with E-state index in [2.05, 4.69) is 4.99 Å². The van der Waals surface area contributed by atoms with Gasteiger partial charge in [0, 0.05) is 26.1 Å². The second kappa shape index (κ2) is 10.1. The molecule has 0 fully saturated rings. The van der Waals surface area contributed by atoms with Gasteiger partial charge in [-0.1, -0.05) is 24.3 Å². The molecule has 0 heterocycles. The third-order valence-electron chi connectivity index (χ3n) is 3.34. The predicted molar refractivity (Wildman–Crippen MR) is 94.5 cm³/mol. The molecule has 7 nitrogen and oxygen atoms in total. The summed E-state index contributed by atoms with van der Waals surface area (Å²) in [6.45, 7) is -0.813. The number of rotatable bonds is 8. The Hall–Kier alpha value is -2.80. The molecule has 0 bridgehead atoms. The summed E-state index contributed by atoms with van der Waals surface area (Å²) in [6.07, 6.45) is 5.67. The first-order chi connectivity index (χ1) is 11.8. The van der Waals surface area contributed by atoms with Crippen molar-refractivity contribution in [3.63, 3.8) is 0 Å². The van der Waals surface area contributed by atoms with E-state index < -0.39 is 24.2 Å². The topological polar surface area (TPSA) is 107 Å². The molecule has 2 amide bonds. The summed E-state index contributed by atoms with van der Waals surface area (Å²) in [5, 5.41) is 17.7. The second-order valence-corrected chi connectivity index (χ2v) is 5.54. The smallest absolute Gasteiger partial charge is 0.352 e. The van der Waals surface area contributed by atoms with Crippen LogP contribution in [0.4, 0.5) is 0 Å². The molecule has 0 saturated carbocycles. The molecular weight excluding hydrogens is 324 g/mol. The van der Waals surface area contributed by atoms with Crippen LogP contribution >= 0.6 is 0 Å². The van der Waals surface area contributed by atoms with Crippen molar-refractivity contribution in [3.8, 4) is 0 Å². The summed E-state index contributed by atoms with van der Waals surface area (Å²) in [5.74, 6) is -2.07. The Bertz CT molecular complexity index is 692. The van der Waals surface area contributed by atoms with Crippen LogP contribution in [0.3, 0.4) is 0 Å². The van der Waals surface area contributed by atoms with Gasteiger partial charge in [0.1, 0.15) is 0 Å². The summed E-state index contributed by atoms with van der Waals surface area (Å²) in [6, 6.07) is 6.57. The van der Waals surface area contributed by atoms with Crippen LogP contribution in [0.5, 0.6) is 0 Å². The average Bonchev–Trinajstić information content (AvgIpc) is 2.58. The fourth-order valence-electron chi connectivity index (χ4n) is 1.93. The number of carboxylic acids is 1. The lowest BCUT2D eigenvalue weighted by atomic mass is 10.1. The highest BCUT2D eigenvalue weighted by molar-refractivity contribution is 6.38. The number of amides is 2. The van der Waals surface area contributed by atoms with Gasteiger partial charge >= 0.3 is 5.97 Å². The maximum atomic E-state index is 12.0. The van der Waals surface area contributed by atoms with Gasteiger partial charge in [0.25, 0.3) is 5.91 Å². The Morgan fingerprint density at radius 2 is 1.96 bits per heavy atom. The van der Waals surface area contributed by atoms with Crippen LogP contribution in [-0.4, -0.2) is 59.3 Å². The van der Waals surface area contributed by atoms with Gasteiger partial charge in [-0.3, -0.25) is 9.59 Å². The van der Waals surface area contributed by atoms with Crippen molar-refractivity contribution in [3.05, 3.63) is 41.5 Å². The number of benzene rings is 1. The molecule has 134 valence electrons. The van der Waals surface area contributed by atoms with E-state index in [4.69, 9.17) is 10.2 Å². The molecule has 0 aliphatic carbocycles. The molecule has 25 heavy (non-hydrogen) atoms. The van der Waals surface area contributed by atoms with Crippen molar-refractivity contribution >= 4 is 29.6 Å². The van der Waals surface area contributed by atoms with Crippen LogP contribution in [-0.2, 0) is 9.59 Å². The number of unbranched alkanes of at least 4 members (excludes halogenated alkanes) is 1. The number of hydrogen-bond acceptors (Lipinski definition) is 4. The fourth-order valence-corrected chi connectivity index (χ4v) is 1.93. The van der Waals surface area contributed by atoms with Gasteiger partial charge in [-0.2, -0.15) is 0 Å². The number of aliphatic hydroxyl groups is 1. The van der Waals surface area contributed by atoms with E-state index in [9.17, 15) is 14.4 Å². The molecule has 0 spiro atoms. The zero-order valence-corrected chi connectivity index (χ0v) is 14.3. The van der Waals surface area contributed by atoms with Gasteiger partial charge in [0.2, 0.25) is 5.91 Å². The van der Waals surface area contributed by atoms with E-state index in [0.29, 0.717) is 6.42 Å². The first kappa shape index (κ1) is 20.2. The Balaban J connectivity index is 2.68. The molecular formula is C18H22N2O5. The number of aliphatic hydroxyl groups excluding tert-OH is 1. The largest absolute Gasteiger partial charge is 0.477 e. The van der Waals surface area contributed by atoms with Crippen molar-refractivity contribution in [1.82, 2.24) is 4.90 Å². The van der Waals surface area contributed by atoms with Gasteiger partial charge in [-0.05, 0) is 30.5 Å². The van der Waals surface area contributed by atoms with Gasteiger partial charge < -0.3 is 15.1 Å². The van der Waals surface area contributed by atoms with E-state index in [1.54, 1.807) is 37.2 Å². The number of aliphatic carboxylic acids is 1. The molecule has 0 radical (unpaired) electrons. The number of carbonyl (C=O) groups is 3. The van der Waals surface area contributed by atoms with Gasteiger partial charge in [0.05, 0.1) is 6.61 Å². The van der Waals surface area contributed by atoms with E-state index in [1.165, 1.54) is 6.07 Å². The number of hydrogen-bond donors (Lipinski definition) is 2. The number of carboxylic acid groups (broad SMARTS) is 1. The average molecular weight is 346 g/mol. The number of carbonyl (C=O) groups excluding carboxylic acids is 2. The lowest BCUT2D eigenvalue weighted by Crippen LogP contribution is -2.20. The zero-order valence-electron chi connectivity index (χ0n) is 14.3. The maximum absolute atomic E-state index is 12.0. The van der Waals surface area contributed by atoms with Crippen molar-refractivity contribution in [2.24, 2.45) is 4.99 Å². The number of aliphatic imine (C=N–C) groups is 1. The first-order valence-electron chi connectivity index (χ1n) is 7.78. The molecule has 1 rings (SSSR count). The van der Waals surface area contributed by atoms with Crippen LogP contribution in [0.2, 0.25) is 0 Å². The molecule has 2 N–H and O–H groups in total. The second-order valence-electron chi connectivity index (χ2n) is 5.54.